The Morgan fingerprint density at radius 3 is 2.73 bits per heavy atom. The van der Waals surface area contributed by atoms with Crippen molar-refractivity contribution in [3.8, 4) is 11.3 Å². The van der Waals surface area contributed by atoms with Crippen LogP contribution in [0.15, 0.2) is 30.5 Å². The van der Waals surface area contributed by atoms with Crippen LogP contribution in [0, 0.1) is 18.6 Å². The highest BCUT2D eigenvalue weighted by molar-refractivity contribution is 5.83. The van der Waals surface area contributed by atoms with Crippen molar-refractivity contribution in [2.45, 2.75) is 39.8 Å². The van der Waals surface area contributed by atoms with Gasteiger partial charge in [-0.2, -0.15) is 0 Å². The molecule has 3 aromatic heterocycles. The van der Waals surface area contributed by atoms with Gasteiger partial charge in [0, 0.05) is 43.9 Å². The van der Waals surface area contributed by atoms with Crippen molar-refractivity contribution in [3.05, 3.63) is 59.2 Å². The van der Waals surface area contributed by atoms with Crippen molar-refractivity contribution < 1.29 is 18.3 Å². The van der Waals surface area contributed by atoms with E-state index < -0.39 is 11.6 Å². The fourth-order valence-corrected chi connectivity index (χ4v) is 4.72. The number of methoxy groups -OCH3 is 1. The normalized spacial score (nSPS) is 13.3. The molecule has 1 aromatic carbocycles. The summed E-state index contributed by atoms with van der Waals surface area (Å²) in [6.45, 7) is 6.82. The number of hydrogen-bond donors (Lipinski definition) is 1. The number of rotatable bonds is 6. The average Bonchev–Trinajstić information content (AvgIpc) is 3.21. The summed E-state index contributed by atoms with van der Waals surface area (Å²) in [6, 6.07) is 6.63. The number of nitrogens with one attached hydrogen (secondary N) is 1. The van der Waals surface area contributed by atoms with Crippen molar-refractivity contribution in [1.29, 1.82) is 0 Å². The molecule has 0 radical (unpaired) electrons. The van der Waals surface area contributed by atoms with Gasteiger partial charge in [-0.1, -0.05) is 6.07 Å². The molecule has 37 heavy (non-hydrogen) atoms. The third-order valence-corrected chi connectivity index (χ3v) is 6.37. The van der Waals surface area contributed by atoms with Gasteiger partial charge < -0.3 is 19.5 Å². The van der Waals surface area contributed by atoms with E-state index in [1.165, 1.54) is 13.2 Å². The molecule has 0 atom stereocenters. The Balaban J connectivity index is 1.43. The van der Waals surface area contributed by atoms with E-state index in [0.29, 0.717) is 36.7 Å². The summed E-state index contributed by atoms with van der Waals surface area (Å²) in [4.78, 5) is 31.2. The van der Waals surface area contributed by atoms with E-state index in [0.717, 1.165) is 17.5 Å². The quantitative estimate of drug-likeness (QED) is 0.415. The van der Waals surface area contributed by atoms with Crippen molar-refractivity contribution in [2.24, 2.45) is 0 Å². The molecule has 0 fully saturated rings. The Kier molecular flexibility index (Phi) is 6.55. The number of amides is 1. The first kappa shape index (κ1) is 24.7. The summed E-state index contributed by atoms with van der Waals surface area (Å²) in [7, 11) is 1.49. The minimum Gasteiger partial charge on any atom is -0.375 e. The first-order chi connectivity index (χ1) is 17.7. The van der Waals surface area contributed by atoms with Crippen LogP contribution in [0.3, 0.4) is 0 Å². The lowest BCUT2D eigenvalue weighted by atomic mass is 10.1. The number of imidazole rings is 1. The topological polar surface area (TPSA) is 98.1 Å². The molecular formula is C26H27F2N7O2. The van der Waals surface area contributed by atoms with Crippen LogP contribution in [0.2, 0.25) is 0 Å². The van der Waals surface area contributed by atoms with E-state index in [2.05, 4.69) is 25.3 Å². The highest BCUT2D eigenvalue weighted by atomic mass is 19.1. The number of carbonyl (C=O) groups is 1. The van der Waals surface area contributed by atoms with Crippen molar-refractivity contribution in [3.63, 3.8) is 0 Å². The lowest BCUT2D eigenvalue weighted by Crippen LogP contribution is -2.38. The predicted molar refractivity (Wildman–Crippen MR) is 134 cm³/mol. The van der Waals surface area contributed by atoms with Crippen LogP contribution in [0.4, 0.5) is 20.5 Å². The number of nitrogens with zero attached hydrogens (tertiary/aromatic N) is 6. The molecule has 0 bridgehead atoms. The monoisotopic (exact) mass is 507 g/mol. The summed E-state index contributed by atoms with van der Waals surface area (Å²) in [6.07, 6.45) is 1.65. The Bertz CT molecular complexity index is 1500. The SMILES string of the molecule is COCC(=O)N1CCc2nc(Nc3ncc(F)c(-c4cc(F)c5nc(C)n(C(C)C)c5c4)n3)ccc2C1. The number of fused-ring (bicyclic) bond motifs is 2. The molecular weight excluding hydrogens is 480 g/mol. The summed E-state index contributed by atoms with van der Waals surface area (Å²) >= 11 is 0. The number of benzene rings is 1. The van der Waals surface area contributed by atoms with Gasteiger partial charge in [-0.25, -0.2) is 28.7 Å². The van der Waals surface area contributed by atoms with Crippen molar-refractivity contribution >= 4 is 28.7 Å². The van der Waals surface area contributed by atoms with Gasteiger partial charge in [0.1, 0.15) is 29.5 Å². The average molecular weight is 508 g/mol. The maximum absolute atomic E-state index is 15.0. The number of ether oxygens (including phenoxy) is 1. The lowest BCUT2D eigenvalue weighted by molar-refractivity contribution is -0.136. The second kappa shape index (κ2) is 9.81. The molecule has 9 nitrogen and oxygen atoms in total. The molecule has 0 aliphatic carbocycles. The Morgan fingerprint density at radius 1 is 1.16 bits per heavy atom. The molecule has 0 unspecified atom stereocenters. The molecule has 1 N–H and O–H groups in total. The summed E-state index contributed by atoms with van der Waals surface area (Å²) in [5, 5.41) is 3.02. The van der Waals surface area contributed by atoms with Crippen LogP contribution < -0.4 is 5.32 Å². The Morgan fingerprint density at radius 2 is 1.97 bits per heavy atom. The highest BCUT2D eigenvalue weighted by Gasteiger charge is 2.22. The molecule has 0 spiro atoms. The number of aromatic nitrogens is 5. The van der Waals surface area contributed by atoms with Crippen LogP contribution in [-0.4, -0.2) is 55.6 Å². The third kappa shape index (κ3) is 4.74. The minimum atomic E-state index is -0.671. The van der Waals surface area contributed by atoms with Crippen LogP contribution in [0.1, 0.15) is 37.0 Å². The zero-order valence-electron chi connectivity index (χ0n) is 21.0. The molecule has 4 heterocycles. The second-order valence-electron chi connectivity index (χ2n) is 9.26. The first-order valence-corrected chi connectivity index (χ1v) is 12.0. The molecule has 192 valence electrons. The molecule has 0 saturated heterocycles. The number of aryl methyl sites for hydroxylation is 1. The Labute approximate surface area is 212 Å². The lowest BCUT2D eigenvalue weighted by Gasteiger charge is -2.28. The van der Waals surface area contributed by atoms with Gasteiger partial charge in [-0.3, -0.25) is 4.79 Å². The first-order valence-electron chi connectivity index (χ1n) is 12.0. The largest absolute Gasteiger partial charge is 0.375 e. The van der Waals surface area contributed by atoms with Gasteiger partial charge in [-0.05, 0) is 44.5 Å². The fourth-order valence-electron chi connectivity index (χ4n) is 4.72. The highest BCUT2D eigenvalue weighted by Crippen LogP contribution is 2.30. The molecule has 1 aliphatic heterocycles. The summed E-state index contributed by atoms with van der Waals surface area (Å²) < 4.78 is 36.6. The predicted octanol–water partition coefficient (Wildman–Crippen LogP) is 4.33. The van der Waals surface area contributed by atoms with Crippen LogP contribution in [0.5, 0.6) is 0 Å². The number of halogens is 2. The number of pyridine rings is 1. The standard InChI is InChI=1S/C26H27F2N7O2/c1-14(2)35-15(3)30-25-18(27)9-17(10-21(25)35)24-19(28)11-29-26(33-24)32-22-6-5-16-12-34(23(36)13-37-4)8-7-20(16)31-22/h5-6,9-11,14H,7-8,12-13H2,1-4H3,(H,29,31,32,33). The molecule has 0 saturated carbocycles. The molecule has 5 rings (SSSR count). The maximum Gasteiger partial charge on any atom is 0.248 e. The molecule has 11 heteroatoms. The molecule has 1 amide bonds. The summed E-state index contributed by atoms with van der Waals surface area (Å²) in [5.74, 6) is 0.0153. The fraction of sp³-hybridized carbons (Fsp3) is 0.346. The maximum atomic E-state index is 15.0. The van der Waals surface area contributed by atoms with Gasteiger partial charge in [0.15, 0.2) is 11.6 Å². The van der Waals surface area contributed by atoms with Gasteiger partial charge in [0.2, 0.25) is 11.9 Å². The van der Waals surface area contributed by atoms with Gasteiger partial charge in [-0.15, -0.1) is 0 Å². The van der Waals surface area contributed by atoms with E-state index >= 15 is 0 Å². The zero-order valence-corrected chi connectivity index (χ0v) is 21.0. The molecule has 4 aromatic rings. The van der Waals surface area contributed by atoms with E-state index in [1.807, 2.05) is 31.4 Å². The zero-order chi connectivity index (χ0) is 26.3. The van der Waals surface area contributed by atoms with Gasteiger partial charge in [0.25, 0.3) is 0 Å². The number of anilines is 2. The van der Waals surface area contributed by atoms with Crippen LogP contribution in [0.25, 0.3) is 22.3 Å². The van der Waals surface area contributed by atoms with Crippen LogP contribution >= 0.6 is 0 Å². The van der Waals surface area contributed by atoms with E-state index in [-0.39, 0.29) is 41.3 Å². The smallest absolute Gasteiger partial charge is 0.248 e. The minimum absolute atomic E-state index is 0.0299. The second-order valence-corrected chi connectivity index (χ2v) is 9.26. The number of hydrogen-bond acceptors (Lipinski definition) is 7. The van der Waals surface area contributed by atoms with Crippen LogP contribution in [-0.2, 0) is 22.5 Å². The van der Waals surface area contributed by atoms with Gasteiger partial charge in [0.05, 0.1) is 11.7 Å². The van der Waals surface area contributed by atoms with E-state index in [9.17, 15) is 13.6 Å². The molecule has 1 aliphatic rings. The van der Waals surface area contributed by atoms with E-state index in [4.69, 9.17) is 4.74 Å². The van der Waals surface area contributed by atoms with E-state index in [1.54, 1.807) is 17.0 Å². The van der Waals surface area contributed by atoms with Gasteiger partial charge >= 0.3 is 0 Å². The van der Waals surface area contributed by atoms with Crippen molar-refractivity contribution in [2.75, 3.05) is 25.6 Å². The number of carbonyl (C=O) groups excluding carboxylic acids is 1. The third-order valence-electron chi connectivity index (χ3n) is 6.37. The van der Waals surface area contributed by atoms with Crippen molar-refractivity contribution in [1.82, 2.24) is 29.4 Å². The Hall–Kier alpha value is -3.99. The summed E-state index contributed by atoms with van der Waals surface area (Å²) in [5.41, 5.74) is 2.88.